The van der Waals surface area contributed by atoms with Crippen LogP contribution >= 0.6 is 0 Å². The van der Waals surface area contributed by atoms with E-state index in [-0.39, 0.29) is 29.9 Å². The van der Waals surface area contributed by atoms with Gasteiger partial charge in [-0.15, -0.1) is 0 Å². The molecule has 3 rings (SSSR count). The Hall–Kier alpha value is -2.87. The molecule has 0 bridgehead atoms. The largest absolute Gasteiger partial charge is 0.496 e. The molecule has 1 aliphatic rings. The predicted molar refractivity (Wildman–Crippen MR) is 96.4 cm³/mol. The van der Waals surface area contributed by atoms with Crippen molar-refractivity contribution in [2.45, 2.75) is 18.9 Å². The van der Waals surface area contributed by atoms with Crippen molar-refractivity contribution in [1.82, 2.24) is 4.57 Å². The standard InChI is InChI=1S/C18H22N4O4/c1-20-9-3-5-15(20)16-6-4-10-21(16)12-18(23)19-14-8-7-13(26-2)11-17(14)22(24)25/h3,5,7-9,11,16H,4,6,10,12H2,1-2H3,(H,19,23)/p+1/t16-/m0/s1. The lowest BCUT2D eigenvalue weighted by atomic mass is 10.1. The van der Waals surface area contributed by atoms with Crippen LogP contribution in [-0.2, 0) is 11.8 Å². The summed E-state index contributed by atoms with van der Waals surface area (Å²) < 4.78 is 7.10. The third kappa shape index (κ3) is 3.70. The van der Waals surface area contributed by atoms with Gasteiger partial charge < -0.3 is 19.5 Å². The molecule has 0 saturated carbocycles. The Labute approximate surface area is 151 Å². The summed E-state index contributed by atoms with van der Waals surface area (Å²) in [6, 6.07) is 8.77. The smallest absolute Gasteiger partial charge is 0.296 e. The van der Waals surface area contributed by atoms with Gasteiger partial charge in [-0.2, -0.15) is 0 Å². The van der Waals surface area contributed by atoms with Crippen molar-refractivity contribution in [2.75, 3.05) is 25.5 Å². The zero-order chi connectivity index (χ0) is 18.7. The number of hydrogen-bond acceptors (Lipinski definition) is 4. The molecule has 1 amide bonds. The fourth-order valence-corrected chi connectivity index (χ4v) is 3.61. The van der Waals surface area contributed by atoms with Crippen LogP contribution in [0.1, 0.15) is 24.6 Å². The molecule has 2 atom stereocenters. The van der Waals surface area contributed by atoms with Gasteiger partial charge in [0, 0.05) is 26.1 Å². The molecular formula is C18H23N4O4+. The molecule has 1 aromatic carbocycles. The molecule has 26 heavy (non-hydrogen) atoms. The lowest BCUT2D eigenvalue weighted by molar-refractivity contribution is -0.910. The van der Waals surface area contributed by atoms with Crippen LogP contribution in [0, 0.1) is 10.1 Å². The molecule has 0 radical (unpaired) electrons. The molecule has 1 aliphatic heterocycles. The lowest BCUT2D eigenvalue weighted by Gasteiger charge is -2.21. The van der Waals surface area contributed by atoms with Crippen LogP contribution < -0.4 is 15.0 Å². The van der Waals surface area contributed by atoms with Gasteiger partial charge in [0.05, 0.1) is 30.3 Å². The average molecular weight is 359 g/mol. The maximum absolute atomic E-state index is 12.5. The molecular weight excluding hydrogens is 336 g/mol. The Balaban J connectivity index is 1.71. The number of likely N-dealkylation sites (tertiary alicyclic amines) is 1. The van der Waals surface area contributed by atoms with Crippen LogP contribution in [0.3, 0.4) is 0 Å². The van der Waals surface area contributed by atoms with Gasteiger partial charge in [0.15, 0.2) is 6.54 Å². The number of aryl methyl sites for hydroxylation is 1. The van der Waals surface area contributed by atoms with Gasteiger partial charge in [0.25, 0.3) is 11.6 Å². The van der Waals surface area contributed by atoms with Crippen molar-refractivity contribution in [3.63, 3.8) is 0 Å². The van der Waals surface area contributed by atoms with E-state index < -0.39 is 4.92 Å². The summed E-state index contributed by atoms with van der Waals surface area (Å²) in [4.78, 5) is 24.4. The SMILES string of the molecule is COc1ccc(NC(=O)C[NH+]2CCC[C@H]2c2cccn2C)c([N+](=O)[O-])c1. The van der Waals surface area contributed by atoms with Crippen LogP contribution in [-0.4, -0.2) is 35.6 Å². The van der Waals surface area contributed by atoms with Gasteiger partial charge in [-0.05, 0) is 24.3 Å². The van der Waals surface area contributed by atoms with Crippen LogP contribution in [0.25, 0.3) is 0 Å². The van der Waals surface area contributed by atoms with E-state index in [1.54, 1.807) is 6.07 Å². The van der Waals surface area contributed by atoms with E-state index in [4.69, 9.17) is 4.74 Å². The van der Waals surface area contributed by atoms with Crippen LogP contribution in [0.2, 0.25) is 0 Å². The zero-order valence-electron chi connectivity index (χ0n) is 14.9. The summed E-state index contributed by atoms with van der Waals surface area (Å²) in [5.41, 5.74) is 1.23. The minimum Gasteiger partial charge on any atom is -0.496 e. The van der Waals surface area contributed by atoms with Crippen LogP contribution in [0.5, 0.6) is 5.75 Å². The number of rotatable bonds is 6. The minimum absolute atomic E-state index is 0.173. The van der Waals surface area contributed by atoms with Crippen molar-refractivity contribution < 1.29 is 19.4 Å². The summed E-state index contributed by atoms with van der Waals surface area (Å²) in [7, 11) is 3.45. The second-order valence-electron chi connectivity index (χ2n) is 6.51. The van der Waals surface area contributed by atoms with Crippen molar-refractivity contribution in [2.24, 2.45) is 7.05 Å². The second-order valence-corrected chi connectivity index (χ2v) is 6.51. The average Bonchev–Trinajstić information content (AvgIpc) is 3.23. The van der Waals surface area contributed by atoms with E-state index in [0.717, 1.165) is 19.4 Å². The highest BCUT2D eigenvalue weighted by Gasteiger charge is 2.33. The fourth-order valence-electron chi connectivity index (χ4n) is 3.61. The molecule has 2 heterocycles. The first-order chi connectivity index (χ1) is 12.5. The van der Waals surface area contributed by atoms with Crippen molar-refractivity contribution in [3.8, 4) is 5.75 Å². The Morgan fingerprint density at radius 2 is 2.27 bits per heavy atom. The van der Waals surface area contributed by atoms with Crippen molar-refractivity contribution >= 4 is 17.3 Å². The van der Waals surface area contributed by atoms with Gasteiger partial charge in [-0.25, -0.2) is 0 Å². The molecule has 138 valence electrons. The Morgan fingerprint density at radius 1 is 1.46 bits per heavy atom. The van der Waals surface area contributed by atoms with Crippen molar-refractivity contribution in [3.05, 3.63) is 52.3 Å². The van der Waals surface area contributed by atoms with E-state index in [1.165, 1.54) is 29.8 Å². The minimum atomic E-state index is -0.520. The maximum atomic E-state index is 12.5. The number of ether oxygens (including phenoxy) is 1. The Morgan fingerprint density at radius 3 is 2.92 bits per heavy atom. The Bertz CT molecular complexity index is 817. The third-order valence-corrected chi connectivity index (χ3v) is 4.89. The molecule has 1 fully saturated rings. The highest BCUT2D eigenvalue weighted by Crippen LogP contribution is 2.28. The molecule has 0 aliphatic carbocycles. The number of amides is 1. The van der Waals surface area contributed by atoms with Crippen LogP contribution in [0.15, 0.2) is 36.5 Å². The summed E-state index contributed by atoms with van der Waals surface area (Å²) in [6.45, 7) is 1.19. The predicted octanol–water partition coefficient (Wildman–Crippen LogP) is 1.30. The zero-order valence-corrected chi connectivity index (χ0v) is 14.9. The first-order valence-electron chi connectivity index (χ1n) is 8.57. The normalized spacial score (nSPS) is 19.3. The topological polar surface area (TPSA) is 90.8 Å². The number of hydrogen-bond donors (Lipinski definition) is 2. The van der Waals surface area contributed by atoms with Gasteiger partial charge in [0.1, 0.15) is 17.5 Å². The number of nitrogens with zero attached hydrogens (tertiary/aromatic N) is 2. The quantitative estimate of drug-likeness (QED) is 0.601. The van der Waals surface area contributed by atoms with E-state index in [0.29, 0.717) is 5.75 Å². The lowest BCUT2D eigenvalue weighted by Crippen LogP contribution is -3.11. The number of nitro groups is 1. The monoisotopic (exact) mass is 359 g/mol. The first kappa shape index (κ1) is 17.9. The summed E-state index contributed by atoms with van der Waals surface area (Å²) in [6.07, 6.45) is 4.09. The fraction of sp³-hybridized carbons (Fsp3) is 0.389. The summed E-state index contributed by atoms with van der Waals surface area (Å²) in [5.74, 6) is 0.151. The third-order valence-electron chi connectivity index (χ3n) is 4.89. The van der Waals surface area contributed by atoms with E-state index in [9.17, 15) is 14.9 Å². The summed E-state index contributed by atoms with van der Waals surface area (Å²) in [5, 5.41) is 13.9. The molecule has 1 saturated heterocycles. The molecule has 1 aromatic heterocycles. The number of methoxy groups -OCH3 is 1. The number of nitro benzene ring substituents is 1. The molecule has 2 aromatic rings. The molecule has 8 nitrogen and oxygen atoms in total. The number of nitrogens with one attached hydrogen (secondary N) is 2. The first-order valence-corrected chi connectivity index (χ1v) is 8.57. The molecule has 2 N–H and O–H groups in total. The molecule has 1 unspecified atom stereocenters. The molecule has 8 heteroatoms. The highest BCUT2D eigenvalue weighted by atomic mass is 16.6. The van der Waals surface area contributed by atoms with E-state index >= 15 is 0 Å². The number of aromatic nitrogens is 1. The molecule has 0 spiro atoms. The summed E-state index contributed by atoms with van der Waals surface area (Å²) >= 11 is 0. The Kier molecular flexibility index (Phi) is 5.22. The number of benzene rings is 1. The van der Waals surface area contributed by atoms with Crippen LogP contribution in [0.4, 0.5) is 11.4 Å². The van der Waals surface area contributed by atoms with E-state index in [2.05, 4.69) is 16.0 Å². The number of carbonyl (C=O) groups is 1. The van der Waals surface area contributed by atoms with Gasteiger partial charge in [-0.3, -0.25) is 14.9 Å². The highest BCUT2D eigenvalue weighted by molar-refractivity contribution is 5.93. The maximum Gasteiger partial charge on any atom is 0.296 e. The number of carbonyl (C=O) groups excluding carboxylic acids is 1. The van der Waals surface area contributed by atoms with Crippen molar-refractivity contribution in [1.29, 1.82) is 0 Å². The number of anilines is 1. The van der Waals surface area contributed by atoms with Gasteiger partial charge in [0.2, 0.25) is 0 Å². The van der Waals surface area contributed by atoms with Gasteiger partial charge >= 0.3 is 0 Å². The van der Waals surface area contributed by atoms with E-state index in [1.807, 2.05) is 19.3 Å². The van der Waals surface area contributed by atoms with Gasteiger partial charge in [-0.1, -0.05) is 0 Å². The number of quaternary nitrogens is 1. The second kappa shape index (κ2) is 7.57.